The molecule has 4 nitrogen and oxygen atoms in total. The van der Waals surface area contributed by atoms with Gasteiger partial charge in [-0.05, 0) is 24.3 Å². The third-order valence-electron chi connectivity index (χ3n) is 2.63. The summed E-state index contributed by atoms with van der Waals surface area (Å²) in [5.41, 5.74) is 0.529. The molecule has 0 N–H and O–H groups in total. The van der Waals surface area contributed by atoms with E-state index in [1.807, 2.05) is 0 Å². The van der Waals surface area contributed by atoms with Gasteiger partial charge in [0.1, 0.15) is 0 Å². The Hall–Kier alpha value is -2.14. The molecule has 1 radical (unpaired) electrons. The Balaban J connectivity index is 2.27. The lowest BCUT2D eigenvalue weighted by Gasteiger charge is -2.05. The molecule has 3 aromatic rings. The van der Waals surface area contributed by atoms with Gasteiger partial charge >= 0.3 is 0 Å². The van der Waals surface area contributed by atoms with Crippen LogP contribution in [0, 0.1) is 6.07 Å². The molecule has 18 heavy (non-hydrogen) atoms. The van der Waals surface area contributed by atoms with E-state index in [4.69, 9.17) is 0 Å². The zero-order valence-electron chi connectivity index (χ0n) is 9.32. The van der Waals surface area contributed by atoms with Crippen LogP contribution >= 0.6 is 0 Å². The van der Waals surface area contributed by atoms with Crippen molar-refractivity contribution in [1.82, 2.24) is 9.19 Å². The smallest absolute Gasteiger partial charge is 0.199 e. The topological polar surface area (TPSA) is 52.0 Å². The van der Waals surface area contributed by atoms with E-state index in [2.05, 4.69) is 11.2 Å². The second-order valence-electron chi connectivity index (χ2n) is 3.77. The Morgan fingerprint density at radius 3 is 2.61 bits per heavy atom. The van der Waals surface area contributed by atoms with Gasteiger partial charge in [0.2, 0.25) is 0 Å². The highest BCUT2D eigenvalue weighted by atomic mass is 32.2. The molecule has 2 aromatic carbocycles. The molecule has 0 amide bonds. The third kappa shape index (κ3) is 1.60. The molecule has 0 bridgehead atoms. The lowest BCUT2D eigenvalue weighted by atomic mass is 10.3. The molecule has 1 aromatic heterocycles. The monoisotopic (exact) mass is 257 g/mol. The standard InChI is InChI=1S/C13H9N2O2S/c16-18(17,12-7-2-1-3-8-12)15-13-9-5-4-6-11(13)10-14-15/h1-5,7-10H. The normalized spacial score (nSPS) is 11.8. The van der Waals surface area contributed by atoms with E-state index in [0.717, 1.165) is 4.09 Å². The van der Waals surface area contributed by atoms with Gasteiger partial charge in [-0.3, -0.25) is 0 Å². The number of rotatable bonds is 2. The highest BCUT2D eigenvalue weighted by Gasteiger charge is 2.19. The van der Waals surface area contributed by atoms with Crippen LogP contribution in [0.4, 0.5) is 0 Å². The van der Waals surface area contributed by atoms with E-state index in [1.165, 1.54) is 6.20 Å². The van der Waals surface area contributed by atoms with Crippen LogP contribution in [0.15, 0.2) is 59.6 Å². The molecule has 0 atom stereocenters. The van der Waals surface area contributed by atoms with Crippen molar-refractivity contribution in [3.8, 4) is 0 Å². The summed E-state index contributed by atoms with van der Waals surface area (Å²) in [5, 5.41) is 4.62. The van der Waals surface area contributed by atoms with Crippen molar-refractivity contribution in [2.24, 2.45) is 0 Å². The maximum absolute atomic E-state index is 12.4. The van der Waals surface area contributed by atoms with Crippen LogP contribution in [0.2, 0.25) is 0 Å². The van der Waals surface area contributed by atoms with Crippen molar-refractivity contribution in [2.45, 2.75) is 4.90 Å². The Kier molecular flexibility index (Phi) is 2.41. The van der Waals surface area contributed by atoms with Crippen LogP contribution in [-0.2, 0) is 10.0 Å². The first-order valence-electron chi connectivity index (χ1n) is 5.35. The fourth-order valence-electron chi connectivity index (χ4n) is 1.77. The van der Waals surface area contributed by atoms with Gasteiger partial charge in [0.25, 0.3) is 10.0 Å². The Morgan fingerprint density at radius 1 is 1.06 bits per heavy atom. The molecule has 0 fully saturated rings. The molecule has 0 aliphatic carbocycles. The van der Waals surface area contributed by atoms with Gasteiger partial charge in [-0.2, -0.15) is 17.6 Å². The van der Waals surface area contributed by atoms with Gasteiger partial charge in [-0.25, -0.2) is 0 Å². The lowest BCUT2D eigenvalue weighted by molar-refractivity contribution is 0.582. The van der Waals surface area contributed by atoms with Crippen LogP contribution in [0.5, 0.6) is 0 Å². The van der Waals surface area contributed by atoms with Crippen molar-refractivity contribution in [1.29, 1.82) is 0 Å². The second-order valence-corrected chi connectivity index (χ2v) is 5.54. The molecule has 0 saturated heterocycles. The SMILES string of the molecule is O=S(=O)(c1ccccc1)n1ncc2[c]cccc21. The summed E-state index contributed by atoms with van der Waals surface area (Å²) >= 11 is 0. The molecule has 0 spiro atoms. The first-order chi connectivity index (χ1) is 8.69. The molecule has 89 valence electrons. The Bertz CT molecular complexity index is 792. The lowest BCUT2D eigenvalue weighted by Crippen LogP contribution is -2.14. The number of hydrogen-bond donors (Lipinski definition) is 0. The van der Waals surface area contributed by atoms with Gasteiger partial charge in [0.05, 0.1) is 16.6 Å². The summed E-state index contributed by atoms with van der Waals surface area (Å²) in [6, 6.07) is 16.4. The van der Waals surface area contributed by atoms with Crippen molar-refractivity contribution < 1.29 is 8.42 Å². The average molecular weight is 257 g/mol. The highest BCUT2D eigenvalue weighted by Crippen LogP contribution is 2.19. The molecular weight excluding hydrogens is 248 g/mol. The van der Waals surface area contributed by atoms with Gasteiger partial charge in [-0.15, -0.1) is 0 Å². The molecular formula is C13H9N2O2S. The number of nitrogens with zero attached hydrogens (tertiary/aromatic N) is 2. The third-order valence-corrected chi connectivity index (χ3v) is 4.25. The minimum atomic E-state index is -3.64. The van der Waals surface area contributed by atoms with Gasteiger partial charge in [0.15, 0.2) is 0 Å². The van der Waals surface area contributed by atoms with Crippen LogP contribution in [-0.4, -0.2) is 17.6 Å². The van der Waals surface area contributed by atoms with Crippen molar-refractivity contribution >= 4 is 20.9 Å². The van der Waals surface area contributed by atoms with Crippen LogP contribution < -0.4 is 0 Å². The van der Waals surface area contributed by atoms with Crippen molar-refractivity contribution in [2.75, 3.05) is 0 Å². The maximum atomic E-state index is 12.4. The minimum Gasteiger partial charge on any atom is -0.199 e. The molecule has 0 aliphatic heterocycles. The summed E-state index contributed by atoms with van der Waals surface area (Å²) in [6.45, 7) is 0. The van der Waals surface area contributed by atoms with Crippen molar-refractivity contribution in [3.63, 3.8) is 0 Å². The number of hydrogen-bond acceptors (Lipinski definition) is 3. The predicted molar refractivity (Wildman–Crippen MR) is 67.6 cm³/mol. The summed E-state index contributed by atoms with van der Waals surface area (Å²) in [4.78, 5) is 0.221. The molecule has 3 rings (SSSR count). The summed E-state index contributed by atoms with van der Waals surface area (Å²) in [7, 11) is -3.64. The van der Waals surface area contributed by atoms with Gasteiger partial charge < -0.3 is 0 Å². The van der Waals surface area contributed by atoms with Gasteiger partial charge in [0, 0.05) is 5.39 Å². The number of aromatic nitrogens is 2. The van der Waals surface area contributed by atoms with E-state index in [1.54, 1.807) is 48.5 Å². The Labute approximate surface area is 105 Å². The zero-order chi connectivity index (χ0) is 12.6. The first kappa shape index (κ1) is 11.0. The number of fused-ring (bicyclic) bond motifs is 1. The zero-order valence-corrected chi connectivity index (χ0v) is 10.1. The van der Waals surface area contributed by atoms with Gasteiger partial charge in [-0.1, -0.05) is 30.3 Å². The first-order valence-corrected chi connectivity index (χ1v) is 6.79. The molecule has 0 saturated carbocycles. The number of benzene rings is 2. The maximum Gasteiger partial charge on any atom is 0.283 e. The fourth-order valence-corrected chi connectivity index (χ4v) is 3.06. The van der Waals surface area contributed by atoms with E-state index in [-0.39, 0.29) is 4.90 Å². The Morgan fingerprint density at radius 2 is 1.83 bits per heavy atom. The summed E-state index contributed by atoms with van der Waals surface area (Å²) < 4.78 is 25.8. The van der Waals surface area contributed by atoms with Crippen LogP contribution in [0.25, 0.3) is 10.9 Å². The van der Waals surface area contributed by atoms with Crippen LogP contribution in [0.3, 0.4) is 0 Å². The van der Waals surface area contributed by atoms with Crippen LogP contribution in [0.1, 0.15) is 0 Å². The molecule has 0 aliphatic rings. The summed E-state index contributed by atoms with van der Waals surface area (Å²) in [5.74, 6) is 0. The largest absolute Gasteiger partial charge is 0.283 e. The predicted octanol–water partition coefficient (Wildman–Crippen LogP) is 2.07. The molecule has 1 heterocycles. The fraction of sp³-hybridized carbons (Fsp3) is 0. The van der Waals surface area contributed by atoms with Crippen molar-refractivity contribution in [3.05, 3.63) is 60.8 Å². The molecule has 0 unspecified atom stereocenters. The second kappa shape index (κ2) is 3.96. The van der Waals surface area contributed by atoms with E-state index < -0.39 is 10.0 Å². The summed E-state index contributed by atoms with van der Waals surface area (Å²) in [6.07, 6.45) is 1.50. The van der Waals surface area contributed by atoms with E-state index in [0.29, 0.717) is 10.9 Å². The quantitative estimate of drug-likeness (QED) is 0.706. The van der Waals surface area contributed by atoms with E-state index >= 15 is 0 Å². The average Bonchev–Trinajstić information content (AvgIpc) is 2.84. The highest BCUT2D eigenvalue weighted by molar-refractivity contribution is 7.90. The molecule has 5 heteroatoms. The minimum absolute atomic E-state index is 0.221. The van der Waals surface area contributed by atoms with E-state index in [9.17, 15) is 8.42 Å².